The van der Waals surface area contributed by atoms with Crippen LogP contribution in [0.25, 0.3) is 0 Å². The van der Waals surface area contributed by atoms with Crippen molar-refractivity contribution in [3.05, 3.63) is 22.5 Å². The van der Waals surface area contributed by atoms with Crippen molar-refractivity contribution in [2.45, 2.75) is 39.7 Å². The zero-order valence-corrected chi connectivity index (χ0v) is 15.1. The molecule has 1 aliphatic heterocycles. The van der Waals surface area contributed by atoms with Gasteiger partial charge in [0, 0.05) is 18.8 Å². The van der Waals surface area contributed by atoms with E-state index >= 15 is 0 Å². The van der Waals surface area contributed by atoms with E-state index in [0.717, 1.165) is 36.4 Å². The van der Waals surface area contributed by atoms with Crippen LogP contribution in [-0.2, 0) is 9.47 Å². The van der Waals surface area contributed by atoms with Crippen molar-refractivity contribution in [1.29, 1.82) is 0 Å². The SMILES string of the molecule is CCOC(=O)c1c(C)[nH]c(/C=N/NC(=S)NC[C@@H]2CCCO2)c1C. The number of esters is 1. The summed E-state index contributed by atoms with van der Waals surface area (Å²) in [5.41, 5.74) is 5.61. The minimum Gasteiger partial charge on any atom is -0.462 e. The Morgan fingerprint density at radius 3 is 3.00 bits per heavy atom. The standard InChI is InChI=1S/C16H24N4O3S/c1-4-22-15(21)14-10(2)13(19-11(14)3)9-18-20-16(24)17-8-12-6-5-7-23-12/h9,12,19H,4-8H2,1-3H3,(H2,17,20,24)/b18-9+/t12-/m0/s1. The zero-order valence-electron chi connectivity index (χ0n) is 14.3. The monoisotopic (exact) mass is 352 g/mol. The number of hydrogen-bond acceptors (Lipinski definition) is 5. The molecule has 0 radical (unpaired) electrons. The number of thiocarbonyl (C=S) groups is 1. The van der Waals surface area contributed by atoms with Crippen molar-refractivity contribution in [3.63, 3.8) is 0 Å². The second kappa shape index (κ2) is 8.79. The molecular weight excluding hydrogens is 328 g/mol. The Labute approximate surface area is 147 Å². The lowest BCUT2D eigenvalue weighted by Crippen LogP contribution is -2.37. The summed E-state index contributed by atoms with van der Waals surface area (Å²) in [4.78, 5) is 15.1. The number of ether oxygens (including phenoxy) is 2. The highest BCUT2D eigenvalue weighted by Crippen LogP contribution is 2.17. The molecule has 132 valence electrons. The van der Waals surface area contributed by atoms with Gasteiger partial charge in [-0.05, 0) is 51.4 Å². The summed E-state index contributed by atoms with van der Waals surface area (Å²) >= 11 is 5.17. The molecule has 0 amide bonds. The number of nitrogens with zero attached hydrogens (tertiary/aromatic N) is 1. The number of aryl methyl sites for hydroxylation is 1. The van der Waals surface area contributed by atoms with Crippen molar-refractivity contribution in [2.24, 2.45) is 5.10 Å². The van der Waals surface area contributed by atoms with Gasteiger partial charge in [-0.25, -0.2) is 4.79 Å². The summed E-state index contributed by atoms with van der Waals surface area (Å²) in [5, 5.41) is 7.62. The maximum Gasteiger partial charge on any atom is 0.340 e. The number of carbonyl (C=O) groups is 1. The Balaban J connectivity index is 1.88. The van der Waals surface area contributed by atoms with Gasteiger partial charge in [-0.3, -0.25) is 5.43 Å². The van der Waals surface area contributed by atoms with E-state index < -0.39 is 0 Å². The van der Waals surface area contributed by atoms with E-state index in [4.69, 9.17) is 21.7 Å². The van der Waals surface area contributed by atoms with Crippen LogP contribution in [0.5, 0.6) is 0 Å². The Morgan fingerprint density at radius 1 is 1.54 bits per heavy atom. The molecule has 0 aromatic carbocycles. The summed E-state index contributed by atoms with van der Waals surface area (Å²) in [6.45, 7) is 7.31. The van der Waals surface area contributed by atoms with E-state index in [1.807, 2.05) is 13.8 Å². The highest BCUT2D eigenvalue weighted by molar-refractivity contribution is 7.80. The van der Waals surface area contributed by atoms with Crippen LogP contribution in [0.2, 0.25) is 0 Å². The molecule has 24 heavy (non-hydrogen) atoms. The highest BCUT2D eigenvalue weighted by atomic mass is 32.1. The number of aromatic amines is 1. The molecule has 0 unspecified atom stereocenters. The minimum atomic E-state index is -0.329. The lowest BCUT2D eigenvalue weighted by molar-refractivity contribution is 0.0525. The molecule has 1 aromatic rings. The first-order valence-corrected chi connectivity index (χ1v) is 8.48. The summed E-state index contributed by atoms with van der Waals surface area (Å²) in [6.07, 6.45) is 3.97. The van der Waals surface area contributed by atoms with Gasteiger partial charge in [0.2, 0.25) is 0 Å². The average Bonchev–Trinajstić information content (AvgIpc) is 3.14. The molecule has 0 bridgehead atoms. The van der Waals surface area contributed by atoms with Crippen LogP contribution in [0.3, 0.4) is 0 Å². The number of hydrazone groups is 1. The molecule has 0 aliphatic carbocycles. The molecule has 1 fully saturated rings. The van der Waals surface area contributed by atoms with E-state index in [-0.39, 0.29) is 12.1 Å². The first-order chi connectivity index (χ1) is 11.5. The van der Waals surface area contributed by atoms with E-state index in [1.165, 1.54) is 0 Å². The van der Waals surface area contributed by atoms with Crippen molar-refractivity contribution >= 4 is 29.5 Å². The Kier molecular flexibility index (Phi) is 6.74. The van der Waals surface area contributed by atoms with Crippen LogP contribution in [0.1, 0.15) is 47.1 Å². The summed E-state index contributed by atoms with van der Waals surface area (Å²) in [7, 11) is 0. The first kappa shape index (κ1) is 18.4. The summed E-state index contributed by atoms with van der Waals surface area (Å²) < 4.78 is 10.6. The molecule has 1 saturated heterocycles. The third-order valence-electron chi connectivity index (χ3n) is 3.83. The molecule has 8 heteroatoms. The molecule has 1 atom stereocenters. The average molecular weight is 352 g/mol. The summed E-state index contributed by atoms with van der Waals surface area (Å²) in [6, 6.07) is 0. The molecule has 1 aliphatic rings. The molecular formula is C16H24N4O3S. The smallest absolute Gasteiger partial charge is 0.340 e. The minimum absolute atomic E-state index is 0.217. The Morgan fingerprint density at radius 2 is 2.33 bits per heavy atom. The second-order valence-electron chi connectivity index (χ2n) is 5.60. The normalized spacial score (nSPS) is 17.2. The number of H-pyrrole nitrogens is 1. The van der Waals surface area contributed by atoms with Gasteiger partial charge in [-0.15, -0.1) is 0 Å². The second-order valence-corrected chi connectivity index (χ2v) is 6.01. The molecule has 0 saturated carbocycles. The Hall–Kier alpha value is -1.93. The molecule has 1 aromatic heterocycles. The first-order valence-electron chi connectivity index (χ1n) is 8.07. The van der Waals surface area contributed by atoms with Crippen molar-refractivity contribution in [1.82, 2.24) is 15.7 Å². The predicted molar refractivity (Wildman–Crippen MR) is 96.5 cm³/mol. The van der Waals surface area contributed by atoms with Gasteiger partial charge in [0.25, 0.3) is 0 Å². The summed E-state index contributed by atoms with van der Waals surface area (Å²) in [5.74, 6) is -0.329. The van der Waals surface area contributed by atoms with Crippen molar-refractivity contribution in [3.8, 4) is 0 Å². The van der Waals surface area contributed by atoms with Gasteiger partial charge in [-0.2, -0.15) is 5.10 Å². The van der Waals surface area contributed by atoms with Gasteiger partial charge in [0.1, 0.15) is 0 Å². The number of hydrogen-bond donors (Lipinski definition) is 3. The molecule has 2 rings (SSSR count). The maximum atomic E-state index is 11.9. The van der Waals surface area contributed by atoms with Gasteiger partial charge in [-0.1, -0.05) is 0 Å². The number of nitrogens with one attached hydrogen (secondary N) is 3. The predicted octanol–water partition coefficient (Wildman–Crippen LogP) is 1.79. The third-order valence-corrected chi connectivity index (χ3v) is 4.07. The van der Waals surface area contributed by atoms with Gasteiger partial charge >= 0.3 is 5.97 Å². The fraction of sp³-hybridized carbons (Fsp3) is 0.562. The van der Waals surface area contributed by atoms with Crippen LogP contribution >= 0.6 is 12.2 Å². The van der Waals surface area contributed by atoms with E-state index in [0.29, 0.717) is 23.8 Å². The van der Waals surface area contributed by atoms with Crippen LogP contribution < -0.4 is 10.7 Å². The fourth-order valence-corrected chi connectivity index (χ4v) is 2.76. The van der Waals surface area contributed by atoms with Crippen LogP contribution in [0.15, 0.2) is 5.10 Å². The van der Waals surface area contributed by atoms with Crippen molar-refractivity contribution < 1.29 is 14.3 Å². The molecule has 7 nitrogen and oxygen atoms in total. The van der Waals surface area contributed by atoms with Crippen molar-refractivity contribution in [2.75, 3.05) is 19.8 Å². The molecule has 2 heterocycles. The molecule has 3 N–H and O–H groups in total. The lowest BCUT2D eigenvalue weighted by Gasteiger charge is -2.11. The topological polar surface area (TPSA) is 87.7 Å². The fourth-order valence-electron chi connectivity index (χ4n) is 2.62. The lowest BCUT2D eigenvalue weighted by atomic mass is 10.1. The number of carbonyl (C=O) groups excluding carboxylic acids is 1. The quantitative estimate of drug-likeness (QED) is 0.313. The van der Waals surface area contributed by atoms with Gasteiger partial charge in [0.05, 0.1) is 30.2 Å². The number of rotatable bonds is 6. The largest absolute Gasteiger partial charge is 0.462 e. The van der Waals surface area contributed by atoms with Crippen LogP contribution in [0, 0.1) is 13.8 Å². The van der Waals surface area contributed by atoms with Crippen LogP contribution in [0.4, 0.5) is 0 Å². The molecule has 0 spiro atoms. The van der Waals surface area contributed by atoms with E-state index in [2.05, 4.69) is 20.8 Å². The van der Waals surface area contributed by atoms with E-state index in [9.17, 15) is 4.79 Å². The van der Waals surface area contributed by atoms with E-state index in [1.54, 1.807) is 13.1 Å². The highest BCUT2D eigenvalue weighted by Gasteiger charge is 2.18. The van der Waals surface area contributed by atoms with Gasteiger partial charge < -0.3 is 19.8 Å². The Bertz CT molecular complexity index is 621. The number of aromatic nitrogens is 1. The zero-order chi connectivity index (χ0) is 17.5. The maximum absolute atomic E-state index is 11.9. The van der Waals surface area contributed by atoms with Crippen LogP contribution in [-0.4, -0.2) is 48.1 Å². The third kappa shape index (κ3) is 4.78. The van der Waals surface area contributed by atoms with Gasteiger partial charge in [0.15, 0.2) is 5.11 Å².